The largest absolute Gasteiger partial charge is 0.441 e. The number of para-hydroxylation sites is 1. The second-order valence-electron chi connectivity index (χ2n) is 6.67. The van der Waals surface area contributed by atoms with E-state index >= 15 is 0 Å². The molecule has 5 nitrogen and oxygen atoms in total. The summed E-state index contributed by atoms with van der Waals surface area (Å²) in [4.78, 5) is 19.3. The van der Waals surface area contributed by atoms with Crippen LogP contribution in [0.15, 0.2) is 46.9 Å². The third-order valence-electron chi connectivity index (χ3n) is 4.69. The van der Waals surface area contributed by atoms with Crippen molar-refractivity contribution >= 4 is 28.4 Å². The van der Waals surface area contributed by atoms with Crippen molar-refractivity contribution < 1.29 is 9.21 Å². The Kier molecular flexibility index (Phi) is 3.71. The predicted octanol–water partition coefficient (Wildman–Crippen LogP) is 3.91. The number of hydrogen-bond donors (Lipinski definition) is 1. The molecule has 0 radical (unpaired) electrons. The molecule has 0 bridgehead atoms. The minimum Gasteiger partial charge on any atom is -0.441 e. The number of hydrogen-bond acceptors (Lipinski definition) is 4. The monoisotopic (exact) mass is 335 g/mol. The lowest BCUT2D eigenvalue weighted by Crippen LogP contribution is -2.44. The van der Waals surface area contributed by atoms with Gasteiger partial charge in [-0.05, 0) is 50.1 Å². The van der Waals surface area contributed by atoms with Gasteiger partial charge < -0.3 is 14.6 Å². The minimum absolute atomic E-state index is 0.0777. The number of carbonyl (C=O) groups is 1. The van der Waals surface area contributed by atoms with Gasteiger partial charge in [-0.2, -0.15) is 0 Å². The first-order valence-corrected chi connectivity index (χ1v) is 8.57. The summed E-state index contributed by atoms with van der Waals surface area (Å²) in [7, 11) is 0. The second-order valence-corrected chi connectivity index (χ2v) is 6.67. The number of fused-ring (bicyclic) bond motifs is 2. The predicted molar refractivity (Wildman–Crippen MR) is 98.9 cm³/mol. The fourth-order valence-corrected chi connectivity index (χ4v) is 3.55. The van der Waals surface area contributed by atoms with Crippen molar-refractivity contribution in [1.29, 1.82) is 0 Å². The van der Waals surface area contributed by atoms with Gasteiger partial charge in [0.25, 0.3) is 0 Å². The number of anilines is 2. The molecular formula is C20H21N3O2. The van der Waals surface area contributed by atoms with Crippen molar-refractivity contribution in [3.05, 3.63) is 53.9 Å². The van der Waals surface area contributed by atoms with Crippen LogP contribution in [0.3, 0.4) is 0 Å². The number of amides is 1. The number of oxazole rings is 1. The van der Waals surface area contributed by atoms with E-state index in [1.807, 2.05) is 55.1 Å². The molecule has 128 valence electrons. The van der Waals surface area contributed by atoms with Crippen LogP contribution in [0.25, 0.3) is 11.1 Å². The van der Waals surface area contributed by atoms with Gasteiger partial charge >= 0.3 is 0 Å². The zero-order valence-electron chi connectivity index (χ0n) is 14.6. The number of nitrogens with zero attached hydrogens (tertiary/aromatic N) is 2. The van der Waals surface area contributed by atoms with Gasteiger partial charge in [-0.1, -0.05) is 18.2 Å². The normalized spacial score (nSPS) is 17.6. The fourth-order valence-electron chi connectivity index (χ4n) is 3.55. The number of aryl methyl sites for hydroxylation is 1. The second kappa shape index (κ2) is 5.92. The van der Waals surface area contributed by atoms with Crippen molar-refractivity contribution in [2.24, 2.45) is 0 Å². The van der Waals surface area contributed by atoms with Gasteiger partial charge in [0.15, 0.2) is 11.5 Å². The molecule has 1 aromatic heterocycles. The molecule has 0 fully saturated rings. The molecule has 1 amide bonds. The molecule has 4 rings (SSSR count). The van der Waals surface area contributed by atoms with Gasteiger partial charge in [0, 0.05) is 24.3 Å². The van der Waals surface area contributed by atoms with Crippen molar-refractivity contribution in [3.8, 4) is 0 Å². The van der Waals surface area contributed by atoms with Crippen molar-refractivity contribution in [3.63, 3.8) is 0 Å². The molecule has 2 aromatic carbocycles. The summed E-state index contributed by atoms with van der Waals surface area (Å²) in [6.07, 6.45) is 0.902. The first-order valence-electron chi connectivity index (χ1n) is 8.57. The molecule has 0 saturated carbocycles. The van der Waals surface area contributed by atoms with E-state index in [4.69, 9.17) is 4.42 Å². The zero-order valence-corrected chi connectivity index (χ0v) is 14.6. The van der Waals surface area contributed by atoms with Gasteiger partial charge in [0.05, 0.1) is 0 Å². The number of benzene rings is 2. The maximum atomic E-state index is 13.0. The standard InChI is InChI=1S/C20H21N3O2/c1-12-10-15-6-4-5-7-18(15)23(12)20(24)13(2)21-16-8-9-19-17(11-16)22-14(3)25-19/h4-9,11-13,21H,10H2,1-3H3/t12-,13-/m1/s1. The smallest absolute Gasteiger partial charge is 0.249 e. The Labute approximate surface area is 146 Å². The lowest BCUT2D eigenvalue weighted by atomic mass is 10.1. The van der Waals surface area contributed by atoms with Gasteiger partial charge in [0.2, 0.25) is 5.91 Å². The molecule has 3 aromatic rings. The third-order valence-corrected chi connectivity index (χ3v) is 4.69. The van der Waals surface area contributed by atoms with Gasteiger partial charge in [-0.25, -0.2) is 4.98 Å². The van der Waals surface area contributed by atoms with Crippen LogP contribution in [-0.2, 0) is 11.2 Å². The molecule has 0 saturated heterocycles. The summed E-state index contributed by atoms with van der Waals surface area (Å²) in [5, 5.41) is 3.30. The average molecular weight is 335 g/mol. The minimum atomic E-state index is -0.334. The van der Waals surface area contributed by atoms with Crippen LogP contribution in [0.4, 0.5) is 11.4 Å². The Morgan fingerprint density at radius 3 is 2.96 bits per heavy atom. The maximum Gasteiger partial charge on any atom is 0.249 e. The van der Waals surface area contributed by atoms with Crippen LogP contribution in [0, 0.1) is 6.92 Å². The average Bonchev–Trinajstić information content (AvgIpc) is 3.11. The highest BCUT2D eigenvalue weighted by molar-refractivity contribution is 6.00. The molecule has 1 N–H and O–H groups in total. The summed E-state index contributed by atoms with van der Waals surface area (Å²) < 4.78 is 5.50. The molecule has 0 spiro atoms. The summed E-state index contributed by atoms with van der Waals surface area (Å²) >= 11 is 0. The van der Waals surface area contributed by atoms with Crippen molar-refractivity contribution in [1.82, 2.24) is 4.98 Å². The van der Waals surface area contributed by atoms with Crippen LogP contribution in [0.5, 0.6) is 0 Å². The lowest BCUT2D eigenvalue weighted by molar-refractivity contribution is -0.119. The Hall–Kier alpha value is -2.82. The number of rotatable bonds is 3. The third kappa shape index (κ3) is 2.76. The topological polar surface area (TPSA) is 58.4 Å². The summed E-state index contributed by atoms with van der Waals surface area (Å²) in [5.41, 5.74) is 4.67. The van der Waals surface area contributed by atoms with Gasteiger partial charge in [-0.3, -0.25) is 4.79 Å². The molecule has 1 aliphatic rings. The van der Waals surface area contributed by atoms with E-state index in [-0.39, 0.29) is 18.0 Å². The number of aromatic nitrogens is 1. The van der Waals surface area contributed by atoms with Gasteiger partial charge in [0.1, 0.15) is 11.6 Å². The zero-order chi connectivity index (χ0) is 17.6. The Morgan fingerprint density at radius 1 is 1.32 bits per heavy atom. The van der Waals surface area contributed by atoms with E-state index in [0.717, 1.165) is 28.9 Å². The van der Waals surface area contributed by atoms with E-state index in [1.165, 1.54) is 5.56 Å². The van der Waals surface area contributed by atoms with Crippen LogP contribution in [0.2, 0.25) is 0 Å². The van der Waals surface area contributed by atoms with Gasteiger partial charge in [-0.15, -0.1) is 0 Å². The molecular weight excluding hydrogens is 314 g/mol. The summed E-state index contributed by atoms with van der Waals surface area (Å²) in [5.74, 6) is 0.715. The first-order chi connectivity index (χ1) is 12.0. The molecule has 2 atom stereocenters. The Morgan fingerprint density at radius 2 is 2.12 bits per heavy atom. The van der Waals surface area contributed by atoms with Crippen LogP contribution >= 0.6 is 0 Å². The van der Waals surface area contributed by atoms with Crippen LogP contribution in [0.1, 0.15) is 25.3 Å². The van der Waals surface area contributed by atoms with Crippen LogP contribution < -0.4 is 10.2 Å². The molecule has 1 aliphatic heterocycles. The molecule has 0 aliphatic carbocycles. The molecule has 2 heterocycles. The van der Waals surface area contributed by atoms with E-state index in [9.17, 15) is 4.79 Å². The maximum absolute atomic E-state index is 13.0. The number of nitrogens with one attached hydrogen (secondary N) is 1. The SMILES string of the molecule is Cc1nc2cc(N[C@H](C)C(=O)N3c4ccccc4C[C@H]3C)ccc2o1. The number of carbonyl (C=O) groups excluding carboxylic acids is 1. The van der Waals surface area contributed by atoms with Crippen molar-refractivity contribution in [2.45, 2.75) is 39.3 Å². The lowest BCUT2D eigenvalue weighted by Gasteiger charge is -2.27. The van der Waals surface area contributed by atoms with E-state index < -0.39 is 0 Å². The molecule has 0 unspecified atom stereocenters. The van der Waals surface area contributed by atoms with E-state index in [1.54, 1.807) is 0 Å². The van der Waals surface area contributed by atoms with Crippen molar-refractivity contribution in [2.75, 3.05) is 10.2 Å². The highest BCUT2D eigenvalue weighted by atomic mass is 16.3. The highest BCUT2D eigenvalue weighted by Crippen LogP contribution is 2.32. The van der Waals surface area contributed by atoms with E-state index in [0.29, 0.717) is 5.89 Å². The molecule has 25 heavy (non-hydrogen) atoms. The fraction of sp³-hybridized carbons (Fsp3) is 0.300. The Balaban J connectivity index is 1.55. The first kappa shape index (κ1) is 15.7. The summed E-state index contributed by atoms with van der Waals surface area (Å²) in [6, 6.07) is 13.7. The quantitative estimate of drug-likeness (QED) is 0.788. The van der Waals surface area contributed by atoms with Crippen LogP contribution in [-0.4, -0.2) is 23.0 Å². The highest BCUT2D eigenvalue weighted by Gasteiger charge is 2.32. The Bertz CT molecular complexity index is 947. The summed E-state index contributed by atoms with van der Waals surface area (Å²) in [6.45, 7) is 5.81. The van der Waals surface area contributed by atoms with E-state index in [2.05, 4.69) is 23.3 Å². The molecule has 5 heteroatoms.